The van der Waals surface area contributed by atoms with E-state index < -0.39 is 42.2 Å². The van der Waals surface area contributed by atoms with Crippen LogP contribution >= 0.6 is 0 Å². The van der Waals surface area contributed by atoms with Crippen molar-refractivity contribution in [2.45, 2.75) is 266 Å². The maximum absolute atomic E-state index is 14.2. The number of rotatable bonds is 12. The highest BCUT2D eigenvalue weighted by atomic mass is 32.2. The average Bonchev–Trinajstić information content (AvgIpc) is 2.02. The quantitative estimate of drug-likeness (QED) is 0.141. The molecule has 19 atom stereocenters. The molecule has 3 N–H and O–H groups in total. The Bertz CT molecular complexity index is 2720. The second kappa shape index (κ2) is 26.4. The number of hydrogen-bond donors (Lipinski definition) is 3. The van der Waals surface area contributed by atoms with E-state index in [1.165, 1.54) is 50.5 Å². The van der Waals surface area contributed by atoms with E-state index in [1.807, 2.05) is 45.0 Å². The van der Waals surface area contributed by atoms with Gasteiger partial charge in [0.1, 0.15) is 0 Å². The molecule has 0 spiro atoms. The fourth-order valence-corrected chi connectivity index (χ4v) is 23.0. The van der Waals surface area contributed by atoms with Gasteiger partial charge in [-0.2, -0.15) is 0 Å². The molecule has 472 valence electrons. The zero-order valence-corrected chi connectivity index (χ0v) is 53.3. The van der Waals surface area contributed by atoms with Gasteiger partial charge in [0, 0.05) is 0 Å². The summed E-state index contributed by atoms with van der Waals surface area (Å²) < 4.78 is 59.6. The van der Waals surface area contributed by atoms with Crippen molar-refractivity contribution in [2.75, 3.05) is 12.4 Å². The van der Waals surface area contributed by atoms with Gasteiger partial charge in [0.05, 0.1) is 50.8 Å². The molecule has 7 fully saturated rings. The number of fused-ring (bicyclic) bond motifs is 10. The van der Waals surface area contributed by atoms with Gasteiger partial charge < -0.3 is 20.1 Å². The van der Waals surface area contributed by atoms with Crippen LogP contribution < -0.4 is 0 Å². The number of epoxide rings is 1. The lowest BCUT2D eigenvalue weighted by molar-refractivity contribution is -0.0468. The summed E-state index contributed by atoms with van der Waals surface area (Å²) in [5, 5.41) is 32.5. The lowest BCUT2D eigenvalue weighted by Crippen LogP contribution is -2.49. The van der Waals surface area contributed by atoms with Crippen molar-refractivity contribution in [1.82, 2.24) is 0 Å². The fourth-order valence-electron chi connectivity index (χ4n) is 19.2. The Labute approximate surface area is 508 Å². The maximum Gasteiger partial charge on any atom is 0.181 e. The number of benzene rings is 2. The molecule has 2 aromatic carbocycles. The molecule has 0 bridgehead atoms. The Morgan fingerprint density at radius 3 is 1.45 bits per heavy atom. The van der Waals surface area contributed by atoms with E-state index in [2.05, 4.69) is 74.5 Å². The van der Waals surface area contributed by atoms with Crippen molar-refractivity contribution in [3.63, 3.8) is 0 Å². The van der Waals surface area contributed by atoms with E-state index in [0.717, 1.165) is 89.1 Å². The molecule has 2 aromatic rings. The first kappa shape index (κ1) is 69.8. The highest BCUT2D eigenvalue weighted by molar-refractivity contribution is 7.92. The van der Waals surface area contributed by atoms with Gasteiger partial charge in [-0.3, -0.25) is 0 Å². The zero-order chi connectivity index (χ0) is 58.0. The highest BCUT2D eigenvalue weighted by Gasteiger charge is 2.60. The van der Waals surface area contributed by atoms with Gasteiger partial charge in [0.15, 0.2) is 19.7 Å². The van der Waals surface area contributed by atoms with E-state index in [0.29, 0.717) is 68.7 Å². The van der Waals surface area contributed by atoms with Crippen LogP contribution in [0.3, 0.4) is 0 Å². The molecule has 0 amide bonds. The molecular weight excluding hydrogens is 1070 g/mol. The van der Waals surface area contributed by atoms with E-state index in [-0.39, 0.29) is 62.5 Å². The van der Waals surface area contributed by atoms with Crippen LogP contribution in [-0.2, 0) is 24.4 Å². The van der Waals surface area contributed by atoms with Gasteiger partial charge in [-0.05, 0) is 239 Å². The van der Waals surface area contributed by atoms with Crippen LogP contribution in [0.4, 0.5) is 0 Å². The summed E-state index contributed by atoms with van der Waals surface area (Å²) in [4.78, 5) is 0.847. The third-order valence-electron chi connectivity index (χ3n) is 24.4. The van der Waals surface area contributed by atoms with Gasteiger partial charge in [0.2, 0.25) is 0 Å². The van der Waals surface area contributed by atoms with Crippen LogP contribution in [0.5, 0.6) is 0 Å². The van der Waals surface area contributed by atoms with E-state index in [9.17, 15) is 32.2 Å². The smallest absolute Gasteiger partial charge is 0.181 e. The molecule has 8 aliphatic carbocycles. The standard InChI is InChI=1S/C35H54O4S.C29H42O3S.C6H12O.3CH4/c1-7-35(37)20-18-26-24(22-35)13-14-28-27(26)17-19-34(6)29(15-16-30(28)34)23(2)31(21-32(36)33(3,4)5)40(38,39)25-11-9-8-10-12-25;1-4-29(30)17-15-23-21(18-29)10-11-25-24(23)14-16-28(3)26(12-13-27(25)28)20(2)19-33(31,32)22-8-6-5-7-9-22;1-6(2,3)5-4-7-5;;;/h8-13,23,26-32,36-37H,7,14-22H2,1-6H3;5-10,20,23-27,30H,4,11-19H2,1-3H3;5H,4H2,1-3H3;3*1H4/t23-,26-,27+,28+,29+,30-,31?,32?,34+,35-;20-,23+,24-,25-,26-,27+,28-,29+;;;;/m01..../s1. The van der Waals surface area contributed by atoms with Crippen molar-refractivity contribution in [3.05, 3.63) is 84.0 Å². The molecule has 1 aliphatic heterocycles. The van der Waals surface area contributed by atoms with Gasteiger partial charge in [-0.15, -0.1) is 0 Å². The van der Waals surface area contributed by atoms with Crippen molar-refractivity contribution < 1.29 is 36.9 Å². The Morgan fingerprint density at radius 2 is 1.04 bits per heavy atom. The molecular formula is C73H120O8S2. The molecule has 1 heterocycles. The van der Waals surface area contributed by atoms with Crippen molar-refractivity contribution in [3.8, 4) is 0 Å². The van der Waals surface area contributed by atoms with Crippen LogP contribution in [-0.4, -0.2) is 73.2 Å². The lowest BCUT2D eigenvalue weighted by atomic mass is 9.50. The first-order chi connectivity index (χ1) is 37.5. The molecule has 10 heteroatoms. The second-order valence-electron chi connectivity index (χ2n) is 30.8. The number of aliphatic hydroxyl groups is 3. The molecule has 6 saturated carbocycles. The number of allylic oxidation sites excluding steroid dienone is 2. The Balaban J connectivity index is 0.000000233. The van der Waals surface area contributed by atoms with E-state index >= 15 is 0 Å². The van der Waals surface area contributed by atoms with Crippen LogP contribution in [0.2, 0.25) is 0 Å². The van der Waals surface area contributed by atoms with Crippen molar-refractivity contribution in [1.29, 1.82) is 0 Å². The summed E-state index contributed by atoms with van der Waals surface area (Å²) in [6, 6.07) is 17.9. The van der Waals surface area contributed by atoms with Crippen LogP contribution in [0.15, 0.2) is 93.8 Å². The zero-order valence-electron chi connectivity index (χ0n) is 51.6. The molecule has 83 heavy (non-hydrogen) atoms. The first-order valence-corrected chi connectivity index (χ1v) is 35.4. The predicted molar refractivity (Wildman–Crippen MR) is 345 cm³/mol. The summed E-state index contributed by atoms with van der Waals surface area (Å²) in [6.07, 6.45) is 24.6. The van der Waals surface area contributed by atoms with Gasteiger partial charge in [0.25, 0.3) is 0 Å². The molecule has 9 aliphatic rings. The summed E-state index contributed by atoms with van der Waals surface area (Å²) in [7, 11) is -6.85. The van der Waals surface area contributed by atoms with E-state index in [4.69, 9.17) is 4.74 Å². The van der Waals surface area contributed by atoms with Gasteiger partial charge >= 0.3 is 0 Å². The number of sulfone groups is 2. The van der Waals surface area contributed by atoms with Crippen molar-refractivity contribution in [2.24, 2.45) is 92.7 Å². The number of aliphatic hydroxyl groups excluding tert-OH is 1. The van der Waals surface area contributed by atoms with Crippen LogP contribution in [0.1, 0.15) is 227 Å². The van der Waals surface area contributed by atoms with E-state index in [1.54, 1.807) is 42.0 Å². The summed E-state index contributed by atoms with van der Waals surface area (Å²) >= 11 is 0. The number of ether oxygens (including phenoxy) is 1. The fraction of sp³-hybridized carbons (Fsp3) is 0.781. The molecule has 0 radical (unpaired) electrons. The molecule has 3 unspecified atom stereocenters. The van der Waals surface area contributed by atoms with Gasteiger partial charge in [-0.25, -0.2) is 16.8 Å². The molecule has 1 saturated heterocycles. The average molecular weight is 1190 g/mol. The third-order valence-corrected chi connectivity index (χ3v) is 28.7. The SMILES string of the molecule is C.C.C.CC(C)(C)C1CO1.CC[C@]1(O)CC[C@H]2C(=CC[C@@H]3[C@@H]2CC[C@]2(C)[C@@H]([C@H](C)C(CC(O)C(C)(C)C)S(=O)(=O)c4ccccc4)CC[C@@H]32)C1.CC[C@]1(O)CC[C@H]2C(=CC[C@@H]3[C@@H]2CC[C@]2(C)[C@@H]([C@H](C)CS(=O)(=O)c4ccccc4)CC[C@@H]32)C1. The minimum Gasteiger partial charge on any atom is -0.393 e. The van der Waals surface area contributed by atoms with Crippen LogP contribution in [0.25, 0.3) is 0 Å². The second-order valence-corrected chi connectivity index (χ2v) is 35.0. The van der Waals surface area contributed by atoms with Crippen molar-refractivity contribution >= 4 is 19.7 Å². The third kappa shape index (κ3) is 14.2. The summed E-state index contributed by atoms with van der Waals surface area (Å²) in [5.41, 5.74) is 2.49. The van der Waals surface area contributed by atoms with Crippen LogP contribution in [0, 0.1) is 92.7 Å². The molecule has 8 nitrogen and oxygen atoms in total. The Morgan fingerprint density at radius 1 is 0.602 bits per heavy atom. The number of hydrogen-bond acceptors (Lipinski definition) is 8. The monoisotopic (exact) mass is 1190 g/mol. The highest BCUT2D eigenvalue weighted by Crippen LogP contribution is 2.67. The Hall–Kier alpha value is -2.34. The largest absolute Gasteiger partial charge is 0.393 e. The summed E-state index contributed by atoms with van der Waals surface area (Å²) in [6.45, 7) is 27.1. The topological polar surface area (TPSA) is 142 Å². The minimum absolute atomic E-state index is 0. The minimum atomic E-state index is -3.60. The predicted octanol–water partition coefficient (Wildman–Crippen LogP) is 17.4. The lowest BCUT2D eigenvalue weighted by Gasteiger charge is -2.55. The Kier molecular flexibility index (Phi) is 22.2. The normalized spacial score (nSPS) is 37.6. The first-order valence-electron chi connectivity index (χ1n) is 32.2. The maximum atomic E-state index is 14.2. The summed E-state index contributed by atoms with van der Waals surface area (Å²) in [5.74, 6) is 6.77. The molecule has 0 aromatic heterocycles. The molecule has 11 rings (SSSR count). The van der Waals surface area contributed by atoms with Gasteiger partial charge in [-0.1, -0.05) is 165 Å².